The number of piperidine rings is 1. The third kappa shape index (κ3) is 2.50. The molecule has 1 saturated heterocycles. The van der Waals surface area contributed by atoms with E-state index in [2.05, 4.69) is 36.1 Å². The first kappa shape index (κ1) is 11.3. The van der Waals surface area contributed by atoms with Gasteiger partial charge in [-0.05, 0) is 12.5 Å². The lowest BCUT2D eigenvalue weighted by Gasteiger charge is -2.35. The van der Waals surface area contributed by atoms with Crippen molar-refractivity contribution in [1.82, 2.24) is 4.90 Å². The number of benzene rings is 1. The number of rotatable bonds is 2. The summed E-state index contributed by atoms with van der Waals surface area (Å²) in [7, 11) is 0. The summed E-state index contributed by atoms with van der Waals surface area (Å²) < 4.78 is 0. The maximum absolute atomic E-state index is 11.6. The van der Waals surface area contributed by atoms with Gasteiger partial charge in [-0.3, -0.25) is 9.69 Å². The molecule has 1 aliphatic rings. The van der Waals surface area contributed by atoms with Crippen LogP contribution in [0.25, 0.3) is 0 Å². The minimum Gasteiger partial charge on any atom is -0.299 e. The van der Waals surface area contributed by atoms with Crippen LogP contribution in [0.5, 0.6) is 0 Å². The van der Waals surface area contributed by atoms with Crippen LogP contribution in [0.1, 0.15) is 25.8 Å². The van der Waals surface area contributed by atoms with E-state index >= 15 is 0 Å². The second kappa shape index (κ2) is 4.79. The molecule has 1 aromatic rings. The van der Waals surface area contributed by atoms with Crippen molar-refractivity contribution in [3.63, 3.8) is 0 Å². The Morgan fingerprint density at radius 3 is 2.62 bits per heavy atom. The molecule has 1 aromatic carbocycles. The molecular weight excluding hydrogens is 198 g/mol. The van der Waals surface area contributed by atoms with Crippen molar-refractivity contribution in [2.24, 2.45) is 5.92 Å². The summed E-state index contributed by atoms with van der Waals surface area (Å²) in [6, 6.07) is 10.8. The molecule has 86 valence electrons. The van der Waals surface area contributed by atoms with Gasteiger partial charge in [0.2, 0.25) is 0 Å². The van der Waals surface area contributed by atoms with Crippen LogP contribution in [0.3, 0.4) is 0 Å². The Labute approximate surface area is 97.3 Å². The number of carbonyl (C=O) groups excluding carboxylic acids is 1. The molecule has 0 bridgehead atoms. The summed E-state index contributed by atoms with van der Waals surface area (Å²) in [6.07, 6.45) is 0.702. The second-order valence-corrected chi connectivity index (χ2v) is 4.84. The van der Waals surface area contributed by atoms with Crippen LogP contribution < -0.4 is 0 Å². The Balaban J connectivity index is 2.02. The normalized spacial score (nSPS) is 27.0. The highest BCUT2D eigenvalue weighted by molar-refractivity contribution is 5.82. The summed E-state index contributed by atoms with van der Waals surface area (Å²) in [6.45, 7) is 6.04. The van der Waals surface area contributed by atoms with Gasteiger partial charge >= 0.3 is 0 Å². The Morgan fingerprint density at radius 1 is 1.25 bits per heavy atom. The fraction of sp³-hybridized carbons (Fsp3) is 0.500. The van der Waals surface area contributed by atoms with Crippen LogP contribution in [0.15, 0.2) is 30.3 Å². The Bertz CT molecular complexity index is 360. The van der Waals surface area contributed by atoms with Crippen LogP contribution in [0.4, 0.5) is 0 Å². The predicted octanol–water partition coefficient (Wildman–Crippen LogP) is 2.49. The molecule has 0 radical (unpaired) electrons. The third-order valence-electron chi connectivity index (χ3n) is 3.41. The van der Waals surface area contributed by atoms with Gasteiger partial charge in [0.05, 0.1) is 0 Å². The van der Waals surface area contributed by atoms with Gasteiger partial charge < -0.3 is 0 Å². The molecule has 0 saturated carbocycles. The van der Waals surface area contributed by atoms with Gasteiger partial charge in [-0.2, -0.15) is 0 Å². The van der Waals surface area contributed by atoms with E-state index in [0.29, 0.717) is 18.2 Å². The number of hydrogen-bond acceptors (Lipinski definition) is 2. The molecule has 0 spiro atoms. The minimum absolute atomic E-state index is 0.194. The highest BCUT2D eigenvalue weighted by Gasteiger charge is 2.28. The number of nitrogens with zero attached hydrogens (tertiary/aromatic N) is 1. The molecule has 0 unspecified atom stereocenters. The summed E-state index contributed by atoms with van der Waals surface area (Å²) in [4.78, 5) is 14.0. The van der Waals surface area contributed by atoms with Crippen molar-refractivity contribution < 1.29 is 4.79 Å². The highest BCUT2D eigenvalue weighted by Crippen LogP contribution is 2.20. The standard InChI is InChI=1S/C14H19NO/c1-11-9-15(12(2)8-14(11)16)10-13-6-4-3-5-7-13/h3-7,11-12H,8-10H2,1-2H3/t11-,12+/m1/s1. The van der Waals surface area contributed by atoms with E-state index in [0.717, 1.165) is 13.1 Å². The number of hydrogen-bond donors (Lipinski definition) is 0. The molecule has 0 aliphatic carbocycles. The monoisotopic (exact) mass is 217 g/mol. The number of likely N-dealkylation sites (tertiary alicyclic amines) is 1. The summed E-state index contributed by atoms with van der Waals surface area (Å²) in [5, 5.41) is 0. The van der Waals surface area contributed by atoms with Crippen molar-refractivity contribution in [1.29, 1.82) is 0 Å². The second-order valence-electron chi connectivity index (χ2n) is 4.84. The zero-order valence-electron chi connectivity index (χ0n) is 10.0. The fourth-order valence-electron chi connectivity index (χ4n) is 2.29. The van der Waals surface area contributed by atoms with E-state index in [-0.39, 0.29) is 5.92 Å². The molecule has 16 heavy (non-hydrogen) atoms. The number of Topliss-reactive ketones (excluding diaryl/α,β-unsaturated/α-hetero) is 1. The quantitative estimate of drug-likeness (QED) is 0.758. The lowest BCUT2D eigenvalue weighted by atomic mass is 9.93. The van der Waals surface area contributed by atoms with Gasteiger partial charge in [-0.25, -0.2) is 0 Å². The molecule has 2 heteroatoms. The molecule has 2 nitrogen and oxygen atoms in total. The van der Waals surface area contributed by atoms with Crippen LogP contribution in [-0.4, -0.2) is 23.3 Å². The lowest BCUT2D eigenvalue weighted by molar-refractivity contribution is -0.127. The van der Waals surface area contributed by atoms with Crippen molar-refractivity contribution >= 4 is 5.78 Å². The van der Waals surface area contributed by atoms with E-state index in [1.54, 1.807) is 0 Å². The van der Waals surface area contributed by atoms with E-state index in [1.807, 2.05) is 13.0 Å². The molecule has 2 rings (SSSR count). The van der Waals surface area contributed by atoms with E-state index in [1.165, 1.54) is 5.56 Å². The van der Waals surface area contributed by atoms with Crippen LogP contribution in [0.2, 0.25) is 0 Å². The van der Waals surface area contributed by atoms with Crippen LogP contribution >= 0.6 is 0 Å². The summed E-state index contributed by atoms with van der Waals surface area (Å²) >= 11 is 0. The first-order valence-electron chi connectivity index (χ1n) is 5.97. The SMILES string of the molecule is C[C@@H]1CN(Cc2ccccc2)[C@@H](C)CC1=O. The van der Waals surface area contributed by atoms with Gasteiger partial charge in [0.1, 0.15) is 5.78 Å². The zero-order valence-corrected chi connectivity index (χ0v) is 10.0. The Hall–Kier alpha value is -1.15. The zero-order chi connectivity index (χ0) is 11.5. The molecule has 1 aliphatic heterocycles. The molecular formula is C14H19NO. The largest absolute Gasteiger partial charge is 0.299 e. The highest BCUT2D eigenvalue weighted by atomic mass is 16.1. The third-order valence-corrected chi connectivity index (χ3v) is 3.41. The maximum Gasteiger partial charge on any atom is 0.138 e. The fourth-order valence-corrected chi connectivity index (χ4v) is 2.29. The Kier molecular flexibility index (Phi) is 3.39. The smallest absolute Gasteiger partial charge is 0.138 e. The summed E-state index contributed by atoms with van der Waals surface area (Å²) in [5.41, 5.74) is 1.33. The first-order valence-corrected chi connectivity index (χ1v) is 5.97. The van der Waals surface area contributed by atoms with Crippen molar-refractivity contribution in [3.8, 4) is 0 Å². The van der Waals surface area contributed by atoms with Gasteiger partial charge in [0.15, 0.2) is 0 Å². The molecule has 1 fully saturated rings. The molecule has 1 heterocycles. The number of ketones is 1. The molecule has 0 N–H and O–H groups in total. The van der Waals surface area contributed by atoms with E-state index < -0.39 is 0 Å². The molecule has 2 atom stereocenters. The van der Waals surface area contributed by atoms with Crippen molar-refractivity contribution in [2.45, 2.75) is 32.9 Å². The van der Waals surface area contributed by atoms with Crippen molar-refractivity contribution in [2.75, 3.05) is 6.54 Å². The Morgan fingerprint density at radius 2 is 1.94 bits per heavy atom. The van der Waals surface area contributed by atoms with Gasteiger partial charge in [-0.15, -0.1) is 0 Å². The maximum atomic E-state index is 11.6. The lowest BCUT2D eigenvalue weighted by Crippen LogP contribution is -2.44. The minimum atomic E-state index is 0.194. The van der Waals surface area contributed by atoms with Gasteiger partial charge in [0.25, 0.3) is 0 Å². The predicted molar refractivity (Wildman–Crippen MR) is 65.1 cm³/mol. The number of carbonyl (C=O) groups is 1. The average Bonchev–Trinajstić information content (AvgIpc) is 2.27. The van der Waals surface area contributed by atoms with Gasteiger partial charge in [-0.1, -0.05) is 37.3 Å². The van der Waals surface area contributed by atoms with Crippen molar-refractivity contribution in [3.05, 3.63) is 35.9 Å². The molecule has 0 aromatic heterocycles. The molecule has 0 amide bonds. The topological polar surface area (TPSA) is 20.3 Å². The average molecular weight is 217 g/mol. The van der Waals surface area contributed by atoms with E-state index in [4.69, 9.17) is 0 Å². The van der Waals surface area contributed by atoms with Gasteiger partial charge in [0, 0.05) is 31.5 Å². The summed E-state index contributed by atoms with van der Waals surface area (Å²) in [5.74, 6) is 0.608. The van der Waals surface area contributed by atoms with Crippen LogP contribution in [0, 0.1) is 5.92 Å². The van der Waals surface area contributed by atoms with Crippen LogP contribution in [-0.2, 0) is 11.3 Å². The van der Waals surface area contributed by atoms with E-state index in [9.17, 15) is 4.79 Å². The first-order chi connectivity index (χ1) is 7.66.